The van der Waals surface area contributed by atoms with Crippen LogP contribution in [0.25, 0.3) is 0 Å². The van der Waals surface area contributed by atoms with Crippen LogP contribution in [0, 0.1) is 0 Å². The minimum atomic E-state index is 0.219. The summed E-state index contributed by atoms with van der Waals surface area (Å²) in [4.78, 5) is 11.7. The first-order valence-electron chi connectivity index (χ1n) is 8.63. The molecule has 1 rings (SSSR count). The number of rotatable bonds is 12. The lowest BCUT2D eigenvalue weighted by Crippen LogP contribution is -2.24. The maximum atomic E-state index is 11.7. The molecule has 118 valence electrons. The zero-order valence-corrected chi connectivity index (χ0v) is 13.6. The van der Waals surface area contributed by atoms with Crippen molar-refractivity contribution >= 4 is 5.91 Å². The normalized spacial score (nSPS) is 10.5. The van der Waals surface area contributed by atoms with Gasteiger partial charge in [0.2, 0.25) is 5.91 Å². The molecule has 0 aromatic heterocycles. The van der Waals surface area contributed by atoms with Gasteiger partial charge in [-0.1, -0.05) is 75.8 Å². The lowest BCUT2D eigenvalue weighted by atomic mass is 10.1. The Labute approximate surface area is 130 Å². The summed E-state index contributed by atoms with van der Waals surface area (Å²) in [5.74, 6) is 0.219. The fraction of sp³-hybridized carbons (Fsp3) is 0.632. The Kier molecular flexibility index (Phi) is 10.5. The van der Waals surface area contributed by atoms with Gasteiger partial charge in [0.1, 0.15) is 0 Å². The van der Waals surface area contributed by atoms with Crippen molar-refractivity contribution < 1.29 is 4.79 Å². The zero-order chi connectivity index (χ0) is 15.2. The average molecular weight is 289 g/mol. The summed E-state index contributed by atoms with van der Waals surface area (Å²) in [5, 5.41) is 3.03. The van der Waals surface area contributed by atoms with Gasteiger partial charge < -0.3 is 5.32 Å². The highest BCUT2D eigenvalue weighted by molar-refractivity contribution is 5.75. The predicted molar refractivity (Wildman–Crippen MR) is 90.4 cm³/mol. The van der Waals surface area contributed by atoms with Crippen LogP contribution in [0.3, 0.4) is 0 Å². The summed E-state index contributed by atoms with van der Waals surface area (Å²) < 4.78 is 0. The minimum Gasteiger partial charge on any atom is -0.356 e. The van der Waals surface area contributed by atoms with Crippen molar-refractivity contribution in [3.05, 3.63) is 35.9 Å². The van der Waals surface area contributed by atoms with Crippen LogP contribution >= 0.6 is 0 Å². The van der Waals surface area contributed by atoms with E-state index in [2.05, 4.69) is 36.5 Å². The van der Waals surface area contributed by atoms with Gasteiger partial charge in [-0.15, -0.1) is 0 Å². The van der Waals surface area contributed by atoms with Crippen molar-refractivity contribution in [2.75, 3.05) is 6.54 Å². The largest absolute Gasteiger partial charge is 0.356 e. The average Bonchev–Trinajstić information content (AvgIpc) is 2.52. The Morgan fingerprint density at radius 2 is 1.57 bits per heavy atom. The van der Waals surface area contributed by atoms with Gasteiger partial charge in [-0.05, 0) is 24.8 Å². The number of nitrogens with one attached hydrogen (secondary N) is 1. The van der Waals surface area contributed by atoms with Crippen LogP contribution in [0.5, 0.6) is 0 Å². The van der Waals surface area contributed by atoms with Crippen LogP contribution < -0.4 is 5.32 Å². The van der Waals surface area contributed by atoms with E-state index < -0.39 is 0 Å². The molecule has 0 spiro atoms. The molecule has 1 aromatic carbocycles. The van der Waals surface area contributed by atoms with Crippen molar-refractivity contribution in [2.24, 2.45) is 0 Å². The van der Waals surface area contributed by atoms with E-state index in [1.165, 1.54) is 44.1 Å². The molecule has 0 fully saturated rings. The van der Waals surface area contributed by atoms with E-state index in [4.69, 9.17) is 0 Å². The molecule has 0 aliphatic rings. The fourth-order valence-corrected chi connectivity index (χ4v) is 2.50. The Bertz CT molecular complexity index is 361. The van der Waals surface area contributed by atoms with Gasteiger partial charge in [-0.2, -0.15) is 0 Å². The number of carbonyl (C=O) groups excluding carboxylic acids is 1. The SMILES string of the molecule is CCCCCCCCCC(=O)NCCCc1ccccc1. The molecule has 0 radical (unpaired) electrons. The number of hydrogen-bond acceptors (Lipinski definition) is 1. The van der Waals surface area contributed by atoms with Gasteiger partial charge in [0.05, 0.1) is 0 Å². The van der Waals surface area contributed by atoms with Crippen LogP contribution in [0.15, 0.2) is 30.3 Å². The van der Waals surface area contributed by atoms with E-state index in [1.54, 1.807) is 0 Å². The quantitative estimate of drug-likeness (QED) is 0.546. The molecule has 21 heavy (non-hydrogen) atoms. The van der Waals surface area contributed by atoms with Gasteiger partial charge in [0.15, 0.2) is 0 Å². The summed E-state index contributed by atoms with van der Waals surface area (Å²) in [6, 6.07) is 10.4. The van der Waals surface area contributed by atoms with Crippen LogP contribution in [0.1, 0.15) is 70.3 Å². The van der Waals surface area contributed by atoms with E-state index >= 15 is 0 Å². The third kappa shape index (κ3) is 10.1. The molecule has 0 heterocycles. The number of hydrogen-bond donors (Lipinski definition) is 1. The second kappa shape index (κ2) is 12.4. The Morgan fingerprint density at radius 3 is 2.29 bits per heavy atom. The van der Waals surface area contributed by atoms with E-state index in [1.807, 2.05) is 6.07 Å². The topological polar surface area (TPSA) is 29.1 Å². The lowest BCUT2D eigenvalue weighted by Gasteiger charge is -2.05. The van der Waals surface area contributed by atoms with Crippen molar-refractivity contribution in [3.8, 4) is 0 Å². The van der Waals surface area contributed by atoms with E-state index in [9.17, 15) is 4.79 Å². The summed E-state index contributed by atoms with van der Waals surface area (Å²) in [6.07, 6.45) is 11.6. The van der Waals surface area contributed by atoms with Gasteiger partial charge in [-0.25, -0.2) is 0 Å². The predicted octanol–water partition coefficient (Wildman–Crippen LogP) is 4.88. The maximum Gasteiger partial charge on any atom is 0.219 e. The minimum absolute atomic E-state index is 0.219. The van der Waals surface area contributed by atoms with Crippen LogP contribution in [-0.4, -0.2) is 12.5 Å². The number of aryl methyl sites for hydroxylation is 1. The number of unbranched alkanes of at least 4 members (excludes halogenated alkanes) is 6. The Balaban J connectivity index is 1.90. The smallest absolute Gasteiger partial charge is 0.219 e. The highest BCUT2D eigenvalue weighted by atomic mass is 16.1. The molecular formula is C19H31NO. The number of carbonyl (C=O) groups is 1. The van der Waals surface area contributed by atoms with E-state index in [0.29, 0.717) is 6.42 Å². The van der Waals surface area contributed by atoms with E-state index in [-0.39, 0.29) is 5.91 Å². The summed E-state index contributed by atoms with van der Waals surface area (Å²) >= 11 is 0. The second-order valence-electron chi connectivity index (χ2n) is 5.81. The molecule has 0 bridgehead atoms. The molecule has 2 nitrogen and oxygen atoms in total. The first-order valence-corrected chi connectivity index (χ1v) is 8.63. The summed E-state index contributed by atoms with van der Waals surface area (Å²) in [5.41, 5.74) is 1.35. The molecule has 0 aliphatic carbocycles. The fourth-order valence-electron chi connectivity index (χ4n) is 2.50. The van der Waals surface area contributed by atoms with Crippen LogP contribution in [-0.2, 0) is 11.2 Å². The van der Waals surface area contributed by atoms with Crippen molar-refractivity contribution in [3.63, 3.8) is 0 Å². The van der Waals surface area contributed by atoms with Crippen LogP contribution in [0.2, 0.25) is 0 Å². The molecule has 0 aliphatic heterocycles. The van der Waals surface area contributed by atoms with Gasteiger partial charge in [0, 0.05) is 13.0 Å². The second-order valence-corrected chi connectivity index (χ2v) is 5.81. The molecule has 1 amide bonds. The Morgan fingerprint density at radius 1 is 0.905 bits per heavy atom. The number of benzene rings is 1. The highest BCUT2D eigenvalue weighted by Crippen LogP contribution is 2.08. The van der Waals surface area contributed by atoms with Crippen LogP contribution in [0.4, 0.5) is 0 Å². The van der Waals surface area contributed by atoms with Gasteiger partial charge >= 0.3 is 0 Å². The molecule has 2 heteroatoms. The van der Waals surface area contributed by atoms with Gasteiger partial charge in [-0.3, -0.25) is 4.79 Å². The Hall–Kier alpha value is -1.31. The summed E-state index contributed by atoms with van der Waals surface area (Å²) in [7, 11) is 0. The van der Waals surface area contributed by atoms with Crippen molar-refractivity contribution in [1.82, 2.24) is 5.32 Å². The molecule has 0 saturated carbocycles. The van der Waals surface area contributed by atoms with E-state index in [0.717, 1.165) is 25.8 Å². The lowest BCUT2D eigenvalue weighted by molar-refractivity contribution is -0.121. The molecule has 1 aromatic rings. The number of amides is 1. The summed E-state index contributed by atoms with van der Waals surface area (Å²) in [6.45, 7) is 3.03. The molecular weight excluding hydrogens is 258 g/mol. The first kappa shape index (κ1) is 17.7. The third-order valence-corrected chi connectivity index (χ3v) is 3.81. The van der Waals surface area contributed by atoms with Gasteiger partial charge in [0.25, 0.3) is 0 Å². The zero-order valence-electron chi connectivity index (χ0n) is 13.6. The molecule has 0 atom stereocenters. The molecule has 0 unspecified atom stereocenters. The molecule has 0 saturated heterocycles. The molecule has 1 N–H and O–H groups in total. The highest BCUT2D eigenvalue weighted by Gasteiger charge is 2.00. The first-order chi connectivity index (χ1) is 10.3. The van der Waals surface area contributed by atoms with Crippen molar-refractivity contribution in [1.29, 1.82) is 0 Å². The van der Waals surface area contributed by atoms with Crippen molar-refractivity contribution in [2.45, 2.75) is 71.1 Å². The third-order valence-electron chi connectivity index (χ3n) is 3.81. The monoisotopic (exact) mass is 289 g/mol. The maximum absolute atomic E-state index is 11.7. The standard InChI is InChI=1S/C19H31NO/c1-2-3-4-5-6-7-11-16-19(21)20-17-12-15-18-13-9-8-10-14-18/h8-10,13-14H,2-7,11-12,15-17H2,1H3,(H,20,21).